The standard InChI is InChI=1S/C11H20N4O.2ClH/c1-8(2)11(3,7-12)14-10(16)6-9-4-5-13-15-9;;/h4-5,8H,6-7,12H2,1-3H3,(H,13,15)(H,14,16);2*1H. The van der Waals surface area contributed by atoms with Gasteiger partial charge in [-0.2, -0.15) is 5.10 Å². The Hall–Kier alpha value is -0.780. The van der Waals surface area contributed by atoms with Crippen molar-refractivity contribution in [2.75, 3.05) is 6.54 Å². The van der Waals surface area contributed by atoms with Gasteiger partial charge in [0.25, 0.3) is 0 Å². The molecule has 1 amide bonds. The fraction of sp³-hybridized carbons (Fsp3) is 0.636. The lowest BCUT2D eigenvalue weighted by atomic mass is 9.88. The van der Waals surface area contributed by atoms with E-state index in [0.717, 1.165) is 5.69 Å². The Morgan fingerprint density at radius 3 is 2.56 bits per heavy atom. The number of hydrogen-bond acceptors (Lipinski definition) is 3. The topological polar surface area (TPSA) is 83.8 Å². The van der Waals surface area contributed by atoms with Crippen molar-refractivity contribution < 1.29 is 4.79 Å². The van der Waals surface area contributed by atoms with E-state index in [0.29, 0.717) is 18.9 Å². The van der Waals surface area contributed by atoms with Crippen LogP contribution in [0.15, 0.2) is 12.3 Å². The molecule has 0 aliphatic heterocycles. The van der Waals surface area contributed by atoms with Gasteiger partial charge in [-0.3, -0.25) is 9.89 Å². The zero-order valence-electron chi connectivity index (χ0n) is 10.9. The monoisotopic (exact) mass is 296 g/mol. The molecule has 4 N–H and O–H groups in total. The largest absolute Gasteiger partial charge is 0.349 e. The Morgan fingerprint density at radius 1 is 1.56 bits per heavy atom. The predicted octanol–water partition coefficient (Wildman–Crippen LogP) is 1.29. The van der Waals surface area contributed by atoms with Gasteiger partial charge in [0.05, 0.1) is 12.0 Å². The minimum Gasteiger partial charge on any atom is -0.349 e. The average molecular weight is 297 g/mol. The third kappa shape index (κ3) is 5.25. The molecule has 1 unspecified atom stereocenters. The number of nitrogens with one attached hydrogen (secondary N) is 2. The highest BCUT2D eigenvalue weighted by Gasteiger charge is 2.28. The summed E-state index contributed by atoms with van der Waals surface area (Å²) in [6.45, 7) is 6.48. The maximum absolute atomic E-state index is 11.8. The Kier molecular flexibility index (Phi) is 9.07. The number of H-pyrrole nitrogens is 1. The first-order valence-electron chi connectivity index (χ1n) is 5.47. The van der Waals surface area contributed by atoms with Crippen molar-refractivity contribution in [3.05, 3.63) is 18.0 Å². The Labute approximate surface area is 120 Å². The lowest BCUT2D eigenvalue weighted by Crippen LogP contribution is -2.55. The third-order valence-corrected chi connectivity index (χ3v) is 3.03. The molecular formula is C11H22Cl2N4O. The fourth-order valence-electron chi connectivity index (χ4n) is 1.35. The van der Waals surface area contributed by atoms with Crippen molar-refractivity contribution in [2.45, 2.75) is 32.7 Å². The van der Waals surface area contributed by atoms with E-state index in [9.17, 15) is 4.79 Å². The maximum atomic E-state index is 11.8. The van der Waals surface area contributed by atoms with Crippen LogP contribution in [-0.4, -0.2) is 28.2 Å². The Bertz CT molecular complexity index is 343. The number of carbonyl (C=O) groups is 1. The zero-order chi connectivity index (χ0) is 12.2. The summed E-state index contributed by atoms with van der Waals surface area (Å²) in [4.78, 5) is 11.8. The summed E-state index contributed by atoms with van der Waals surface area (Å²) in [5.41, 5.74) is 6.15. The van der Waals surface area contributed by atoms with Crippen molar-refractivity contribution in [3.63, 3.8) is 0 Å². The van der Waals surface area contributed by atoms with Crippen LogP contribution in [0.1, 0.15) is 26.5 Å². The number of aromatic amines is 1. The second-order valence-corrected chi connectivity index (χ2v) is 4.58. The molecule has 1 heterocycles. The molecule has 1 aromatic heterocycles. The van der Waals surface area contributed by atoms with Crippen molar-refractivity contribution in [3.8, 4) is 0 Å². The minimum atomic E-state index is -0.350. The second-order valence-electron chi connectivity index (χ2n) is 4.58. The van der Waals surface area contributed by atoms with Crippen LogP contribution in [0.5, 0.6) is 0 Å². The average Bonchev–Trinajstić information content (AvgIpc) is 2.69. The molecular weight excluding hydrogens is 275 g/mol. The minimum absolute atomic E-state index is 0. The van der Waals surface area contributed by atoms with E-state index < -0.39 is 0 Å². The van der Waals surface area contributed by atoms with Gasteiger partial charge in [0.1, 0.15) is 0 Å². The molecule has 1 aromatic rings. The number of hydrogen-bond donors (Lipinski definition) is 3. The molecule has 0 saturated carbocycles. The number of amides is 1. The molecule has 106 valence electrons. The highest BCUT2D eigenvalue weighted by atomic mass is 35.5. The molecule has 0 radical (unpaired) electrons. The number of nitrogens with two attached hydrogens (primary N) is 1. The van der Waals surface area contributed by atoms with Crippen molar-refractivity contribution in [2.24, 2.45) is 11.7 Å². The van der Waals surface area contributed by atoms with E-state index in [1.54, 1.807) is 12.3 Å². The predicted molar refractivity (Wildman–Crippen MR) is 77.2 cm³/mol. The van der Waals surface area contributed by atoms with Crippen LogP contribution in [0, 0.1) is 5.92 Å². The summed E-state index contributed by atoms with van der Waals surface area (Å²) in [5, 5.41) is 9.53. The molecule has 0 aliphatic rings. The smallest absolute Gasteiger partial charge is 0.226 e. The Morgan fingerprint density at radius 2 is 2.17 bits per heavy atom. The van der Waals surface area contributed by atoms with Crippen LogP contribution in [0.4, 0.5) is 0 Å². The van der Waals surface area contributed by atoms with E-state index in [1.807, 2.05) is 20.8 Å². The highest BCUT2D eigenvalue weighted by molar-refractivity contribution is 5.85. The fourth-order valence-corrected chi connectivity index (χ4v) is 1.35. The number of rotatable bonds is 5. The van der Waals surface area contributed by atoms with Gasteiger partial charge in [-0.05, 0) is 18.9 Å². The third-order valence-electron chi connectivity index (χ3n) is 3.03. The summed E-state index contributed by atoms with van der Waals surface area (Å²) < 4.78 is 0. The van der Waals surface area contributed by atoms with Crippen LogP contribution in [0.3, 0.4) is 0 Å². The van der Waals surface area contributed by atoms with Crippen LogP contribution >= 0.6 is 24.8 Å². The molecule has 0 aromatic carbocycles. The molecule has 1 atom stereocenters. The number of nitrogens with zero attached hydrogens (tertiary/aromatic N) is 1. The summed E-state index contributed by atoms with van der Waals surface area (Å²) in [6, 6.07) is 1.79. The first kappa shape index (κ1) is 19.6. The van der Waals surface area contributed by atoms with Crippen LogP contribution in [0.25, 0.3) is 0 Å². The molecule has 7 heteroatoms. The SMILES string of the molecule is CC(C)C(C)(CN)NC(=O)Cc1ccn[nH]1.Cl.Cl. The molecule has 0 bridgehead atoms. The lowest BCUT2D eigenvalue weighted by molar-refractivity contribution is -0.122. The van der Waals surface area contributed by atoms with Gasteiger partial charge in [0.15, 0.2) is 0 Å². The van der Waals surface area contributed by atoms with Gasteiger partial charge in [-0.1, -0.05) is 13.8 Å². The molecule has 0 aliphatic carbocycles. The number of halogens is 2. The lowest BCUT2D eigenvalue weighted by Gasteiger charge is -2.33. The van der Waals surface area contributed by atoms with E-state index >= 15 is 0 Å². The van der Waals surface area contributed by atoms with E-state index in [2.05, 4.69) is 15.5 Å². The summed E-state index contributed by atoms with van der Waals surface area (Å²) in [7, 11) is 0. The van der Waals surface area contributed by atoms with Gasteiger partial charge in [0, 0.05) is 18.4 Å². The van der Waals surface area contributed by atoms with Crippen LogP contribution in [-0.2, 0) is 11.2 Å². The normalized spacial score (nSPS) is 13.2. The van der Waals surface area contributed by atoms with E-state index in [4.69, 9.17) is 5.73 Å². The van der Waals surface area contributed by atoms with E-state index in [-0.39, 0.29) is 36.3 Å². The van der Waals surface area contributed by atoms with Gasteiger partial charge < -0.3 is 11.1 Å². The molecule has 5 nitrogen and oxygen atoms in total. The quantitative estimate of drug-likeness (QED) is 0.765. The van der Waals surface area contributed by atoms with Crippen molar-refractivity contribution in [1.29, 1.82) is 0 Å². The van der Waals surface area contributed by atoms with Gasteiger partial charge in [-0.15, -0.1) is 24.8 Å². The maximum Gasteiger partial charge on any atom is 0.226 e. The Balaban J connectivity index is 0. The molecule has 1 rings (SSSR count). The van der Waals surface area contributed by atoms with Crippen LogP contribution < -0.4 is 11.1 Å². The summed E-state index contributed by atoms with van der Waals surface area (Å²) in [6.07, 6.45) is 1.94. The number of carbonyl (C=O) groups excluding carboxylic acids is 1. The molecule has 0 saturated heterocycles. The summed E-state index contributed by atoms with van der Waals surface area (Å²) >= 11 is 0. The van der Waals surface area contributed by atoms with Gasteiger partial charge >= 0.3 is 0 Å². The molecule has 0 spiro atoms. The number of aromatic nitrogens is 2. The second kappa shape index (κ2) is 8.34. The first-order valence-corrected chi connectivity index (χ1v) is 5.47. The van der Waals surface area contributed by atoms with Gasteiger partial charge in [-0.25, -0.2) is 0 Å². The molecule has 0 fully saturated rings. The van der Waals surface area contributed by atoms with Crippen molar-refractivity contribution >= 4 is 30.7 Å². The van der Waals surface area contributed by atoms with Crippen LogP contribution in [0.2, 0.25) is 0 Å². The first-order chi connectivity index (χ1) is 7.48. The summed E-state index contributed by atoms with van der Waals surface area (Å²) in [5.74, 6) is 0.258. The van der Waals surface area contributed by atoms with Crippen molar-refractivity contribution in [1.82, 2.24) is 15.5 Å². The zero-order valence-corrected chi connectivity index (χ0v) is 12.5. The van der Waals surface area contributed by atoms with E-state index in [1.165, 1.54) is 0 Å². The van der Waals surface area contributed by atoms with Gasteiger partial charge in [0.2, 0.25) is 5.91 Å². The molecule has 18 heavy (non-hydrogen) atoms. The highest BCUT2D eigenvalue weighted by Crippen LogP contribution is 2.14.